The van der Waals surface area contributed by atoms with E-state index in [4.69, 9.17) is 4.74 Å². The summed E-state index contributed by atoms with van der Waals surface area (Å²) >= 11 is 0. The lowest BCUT2D eigenvalue weighted by atomic mass is 10.1. The Bertz CT molecular complexity index is 420. The zero-order chi connectivity index (χ0) is 14.8. The Morgan fingerprint density at radius 1 is 1.25 bits per heavy atom. The molecule has 0 heterocycles. The van der Waals surface area contributed by atoms with Crippen molar-refractivity contribution in [2.45, 2.75) is 25.3 Å². The van der Waals surface area contributed by atoms with E-state index in [2.05, 4.69) is 10.6 Å². The second kappa shape index (κ2) is 9.09. The molecule has 0 fully saturated rings. The molecule has 110 valence electrons. The Labute approximate surface area is 119 Å². The van der Waals surface area contributed by atoms with Crippen molar-refractivity contribution in [3.05, 3.63) is 35.9 Å². The van der Waals surface area contributed by atoms with Gasteiger partial charge in [-0.15, -0.1) is 0 Å². The molecular formula is C15H22N2O3. The molecule has 5 heteroatoms. The molecule has 0 bridgehead atoms. The molecule has 0 saturated carbocycles. The second-order valence-corrected chi connectivity index (χ2v) is 4.54. The van der Waals surface area contributed by atoms with Crippen LogP contribution in [-0.4, -0.2) is 38.6 Å². The number of hydrogen-bond acceptors (Lipinski definition) is 4. The first kappa shape index (κ1) is 16.2. The summed E-state index contributed by atoms with van der Waals surface area (Å²) in [5.74, 6) is -0.553. The maximum atomic E-state index is 11.8. The summed E-state index contributed by atoms with van der Waals surface area (Å²) in [6.45, 7) is 0.773. The van der Waals surface area contributed by atoms with Crippen LogP contribution in [0.1, 0.15) is 18.4 Å². The van der Waals surface area contributed by atoms with Gasteiger partial charge in [0.05, 0.1) is 7.11 Å². The lowest BCUT2D eigenvalue weighted by molar-refractivity contribution is -0.145. The normalized spacial score (nSPS) is 11.7. The average molecular weight is 278 g/mol. The first-order valence-corrected chi connectivity index (χ1v) is 6.73. The van der Waals surface area contributed by atoms with Gasteiger partial charge in [-0.3, -0.25) is 4.79 Å². The first-order chi connectivity index (χ1) is 9.67. The van der Waals surface area contributed by atoms with Gasteiger partial charge in [-0.05, 0) is 25.6 Å². The lowest BCUT2D eigenvalue weighted by Crippen LogP contribution is -2.43. The molecule has 0 aliphatic heterocycles. The number of ether oxygens (including phenoxy) is 1. The minimum Gasteiger partial charge on any atom is -0.467 e. The van der Waals surface area contributed by atoms with E-state index >= 15 is 0 Å². The Morgan fingerprint density at radius 3 is 2.55 bits per heavy atom. The van der Waals surface area contributed by atoms with Crippen molar-refractivity contribution < 1.29 is 14.3 Å². The zero-order valence-corrected chi connectivity index (χ0v) is 12.0. The predicted molar refractivity (Wildman–Crippen MR) is 77.3 cm³/mol. The second-order valence-electron chi connectivity index (χ2n) is 4.54. The van der Waals surface area contributed by atoms with Gasteiger partial charge in [-0.2, -0.15) is 0 Å². The number of carbonyl (C=O) groups is 2. The Balaban J connectivity index is 2.56. The Kier molecular flexibility index (Phi) is 7.35. The molecule has 0 aromatic heterocycles. The predicted octanol–water partition coefficient (Wildman–Crippen LogP) is 0.886. The number of amides is 1. The van der Waals surface area contributed by atoms with E-state index in [1.807, 2.05) is 37.4 Å². The largest absolute Gasteiger partial charge is 0.467 e. The van der Waals surface area contributed by atoms with Crippen molar-refractivity contribution in [2.75, 3.05) is 20.7 Å². The van der Waals surface area contributed by atoms with E-state index in [1.54, 1.807) is 0 Å². The van der Waals surface area contributed by atoms with Crippen LogP contribution >= 0.6 is 0 Å². The highest BCUT2D eigenvalue weighted by atomic mass is 16.5. The number of methoxy groups -OCH3 is 1. The van der Waals surface area contributed by atoms with Crippen LogP contribution in [0.5, 0.6) is 0 Å². The van der Waals surface area contributed by atoms with E-state index in [1.165, 1.54) is 7.11 Å². The minimum atomic E-state index is -0.635. The van der Waals surface area contributed by atoms with Crippen LogP contribution in [0, 0.1) is 0 Å². The maximum Gasteiger partial charge on any atom is 0.328 e. The molecular weight excluding hydrogens is 256 g/mol. The molecule has 20 heavy (non-hydrogen) atoms. The van der Waals surface area contributed by atoms with Gasteiger partial charge in [0.1, 0.15) is 6.04 Å². The van der Waals surface area contributed by atoms with Crippen LogP contribution in [0.4, 0.5) is 0 Å². The van der Waals surface area contributed by atoms with Gasteiger partial charge >= 0.3 is 5.97 Å². The number of nitrogens with one attached hydrogen (secondary N) is 2. The highest BCUT2D eigenvalue weighted by molar-refractivity contribution is 5.84. The van der Waals surface area contributed by atoms with Crippen molar-refractivity contribution in [3.63, 3.8) is 0 Å². The van der Waals surface area contributed by atoms with Crippen molar-refractivity contribution in [1.29, 1.82) is 0 Å². The summed E-state index contributed by atoms with van der Waals surface area (Å²) in [5.41, 5.74) is 0.985. The van der Waals surface area contributed by atoms with Crippen LogP contribution in [0.25, 0.3) is 0 Å². The molecule has 2 N–H and O–H groups in total. The van der Waals surface area contributed by atoms with Crippen molar-refractivity contribution in [2.24, 2.45) is 0 Å². The highest BCUT2D eigenvalue weighted by Gasteiger charge is 2.21. The van der Waals surface area contributed by atoms with E-state index in [0.717, 1.165) is 18.5 Å². The fourth-order valence-corrected chi connectivity index (χ4v) is 1.88. The van der Waals surface area contributed by atoms with Gasteiger partial charge in [0.2, 0.25) is 5.91 Å². The number of esters is 1. The molecule has 1 amide bonds. The summed E-state index contributed by atoms with van der Waals surface area (Å²) in [6.07, 6.45) is 1.57. The van der Waals surface area contributed by atoms with Crippen LogP contribution in [0.3, 0.4) is 0 Å². The van der Waals surface area contributed by atoms with Crippen LogP contribution in [0.15, 0.2) is 30.3 Å². The van der Waals surface area contributed by atoms with E-state index < -0.39 is 12.0 Å². The van der Waals surface area contributed by atoms with E-state index in [9.17, 15) is 9.59 Å². The van der Waals surface area contributed by atoms with Crippen molar-refractivity contribution in [3.8, 4) is 0 Å². The van der Waals surface area contributed by atoms with E-state index in [-0.39, 0.29) is 5.91 Å². The van der Waals surface area contributed by atoms with Gasteiger partial charge in [-0.1, -0.05) is 30.3 Å². The molecule has 0 aliphatic rings. The third-order valence-electron chi connectivity index (χ3n) is 2.93. The molecule has 1 rings (SSSR count). The van der Waals surface area contributed by atoms with Gasteiger partial charge in [0.25, 0.3) is 0 Å². The number of benzene rings is 1. The molecule has 1 unspecified atom stereocenters. The molecule has 0 aliphatic carbocycles. The zero-order valence-electron chi connectivity index (χ0n) is 12.0. The average Bonchev–Trinajstić information content (AvgIpc) is 2.47. The van der Waals surface area contributed by atoms with Crippen LogP contribution < -0.4 is 10.6 Å². The molecule has 1 aromatic carbocycles. The molecule has 1 aromatic rings. The quantitative estimate of drug-likeness (QED) is 0.547. The third kappa shape index (κ3) is 5.84. The standard InChI is InChI=1S/C15H22N2O3/c1-16-10-6-9-14(18)17-13(15(19)20-2)11-12-7-4-3-5-8-12/h3-5,7-8,13,16H,6,9-11H2,1-2H3,(H,17,18). The van der Waals surface area contributed by atoms with Gasteiger partial charge in [-0.25, -0.2) is 4.79 Å². The number of rotatable bonds is 8. The maximum absolute atomic E-state index is 11.8. The van der Waals surface area contributed by atoms with Crippen LogP contribution in [-0.2, 0) is 20.7 Å². The van der Waals surface area contributed by atoms with Gasteiger partial charge in [0.15, 0.2) is 0 Å². The molecule has 1 atom stereocenters. The number of carbonyl (C=O) groups excluding carboxylic acids is 2. The number of hydrogen-bond donors (Lipinski definition) is 2. The molecule has 0 spiro atoms. The summed E-state index contributed by atoms with van der Waals surface area (Å²) in [6, 6.07) is 8.92. The fourth-order valence-electron chi connectivity index (χ4n) is 1.88. The smallest absolute Gasteiger partial charge is 0.328 e. The molecule has 0 radical (unpaired) electrons. The monoisotopic (exact) mass is 278 g/mol. The highest BCUT2D eigenvalue weighted by Crippen LogP contribution is 2.05. The summed E-state index contributed by atoms with van der Waals surface area (Å²) in [7, 11) is 3.16. The fraction of sp³-hybridized carbons (Fsp3) is 0.467. The Hall–Kier alpha value is -1.88. The Morgan fingerprint density at radius 2 is 1.95 bits per heavy atom. The minimum absolute atomic E-state index is 0.133. The topological polar surface area (TPSA) is 67.4 Å². The van der Waals surface area contributed by atoms with Gasteiger partial charge < -0.3 is 15.4 Å². The molecule has 5 nitrogen and oxygen atoms in total. The SMILES string of the molecule is CNCCCC(=O)NC(Cc1ccccc1)C(=O)OC. The van der Waals surface area contributed by atoms with Crippen molar-refractivity contribution >= 4 is 11.9 Å². The van der Waals surface area contributed by atoms with E-state index in [0.29, 0.717) is 12.8 Å². The van der Waals surface area contributed by atoms with Crippen LogP contribution in [0.2, 0.25) is 0 Å². The van der Waals surface area contributed by atoms with Gasteiger partial charge in [0, 0.05) is 12.8 Å². The lowest BCUT2D eigenvalue weighted by Gasteiger charge is -2.16. The third-order valence-corrected chi connectivity index (χ3v) is 2.93. The van der Waals surface area contributed by atoms with Crippen molar-refractivity contribution in [1.82, 2.24) is 10.6 Å². The summed E-state index contributed by atoms with van der Waals surface area (Å²) in [4.78, 5) is 23.5. The summed E-state index contributed by atoms with van der Waals surface area (Å²) in [5, 5.41) is 5.71. The molecule has 0 saturated heterocycles. The summed E-state index contributed by atoms with van der Waals surface area (Å²) < 4.78 is 4.75. The first-order valence-electron chi connectivity index (χ1n) is 6.73.